The van der Waals surface area contributed by atoms with Gasteiger partial charge in [-0.1, -0.05) is 18.2 Å². The Kier molecular flexibility index (Phi) is 2.75. The highest BCUT2D eigenvalue weighted by Gasteiger charge is 2.65. The van der Waals surface area contributed by atoms with Crippen LogP contribution in [0.25, 0.3) is 0 Å². The second-order valence-corrected chi connectivity index (χ2v) is 5.99. The number of methoxy groups -OCH3 is 1. The van der Waals surface area contributed by atoms with Crippen LogP contribution in [-0.4, -0.2) is 24.1 Å². The molecule has 1 aliphatic heterocycles. The van der Waals surface area contributed by atoms with Gasteiger partial charge in [-0.3, -0.25) is 4.79 Å². The van der Waals surface area contributed by atoms with Crippen LogP contribution in [0.3, 0.4) is 0 Å². The lowest BCUT2D eigenvalue weighted by Crippen LogP contribution is -2.21. The van der Waals surface area contributed by atoms with E-state index in [-0.39, 0.29) is 17.4 Å². The van der Waals surface area contributed by atoms with Crippen LogP contribution in [0.15, 0.2) is 42.5 Å². The fraction of sp³-hybridized carbons (Fsp3) is 0.222. The highest BCUT2D eigenvalue weighted by Crippen LogP contribution is 2.66. The Morgan fingerprint density at radius 2 is 2.09 bits per heavy atom. The first-order valence-corrected chi connectivity index (χ1v) is 7.40. The first-order valence-electron chi connectivity index (χ1n) is 7.40. The average molecular weight is 309 g/mol. The number of anilines is 1. The van der Waals surface area contributed by atoms with E-state index in [9.17, 15) is 14.7 Å². The Morgan fingerprint density at radius 3 is 2.83 bits per heavy atom. The minimum atomic E-state index is -0.989. The molecule has 1 aliphatic carbocycles. The summed E-state index contributed by atoms with van der Waals surface area (Å²) < 4.78 is 5.41. The second-order valence-electron chi connectivity index (χ2n) is 5.99. The monoisotopic (exact) mass is 309 g/mol. The molecule has 5 nitrogen and oxygen atoms in total. The molecule has 1 saturated carbocycles. The van der Waals surface area contributed by atoms with E-state index in [1.807, 2.05) is 24.3 Å². The molecule has 1 spiro atoms. The number of nitrogens with one attached hydrogen (secondary N) is 1. The fourth-order valence-electron chi connectivity index (χ4n) is 3.65. The van der Waals surface area contributed by atoms with Gasteiger partial charge in [0, 0.05) is 11.6 Å². The summed E-state index contributed by atoms with van der Waals surface area (Å²) in [7, 11) is 1.61. The number of aromatic carboxylic acids is 1. The van der Waals surface area contributed by atoms with Gasteiger partial charge in [0.1, 0.15) is 5.75 Å². The molecule has 2 aromatic carbocycles. The van der Waals surface area contributed by atoms with Crippen molar-refractivity contribution in [1.82, 2.24) is 0 Å². The van der Waals surface area contributed by atoms with Crippen LogP contribution in [0.2, 0.25) is 0 Å². The van der Waals surface area contributed by atoms with Crippen molar-refractivity contribution in [1.29, 1.82) is 0 Å². The summed E-state index contributed by atoms with van der Waals surface area (Å²) in [5.74, 6) is -0.295. The minimum Gasteiger partial charge on any atom is -0.496 e. The van der Waals surface area contributed by atoms with Crippen molar-refractivity contribution in [3.8, 4) is 5.75 Å². The highest BCUT2D eigenvalue weighted by atomic mass is 16.5. The molecule has 116 valence electrons. The molecule has 23 heavy (non-hydrogen) atoms. The molecular formula is C18H15NO4. The number of hydrogen-bond donors (Lipinski definition) is 2. The molecule has 0 bridgehead atoms. The van der Waals surface area contributed by atoms with Gasteiger partial charge in [0.2, 0.25) is 5.91 Å². The maximum atomic E-state index is 12.6. The van der Waals surface area contributed by atoms with E-state index in [4.69, 9.17) is 4.74 Å². The van der Waals surface area contributed by atoms with Crippen molar-refractivity contribution in [3.63, 3.8) is 0 Å². The summed E-state index contributed by atoms with van der Waals surface area (Å²) >= 11 is 0. The molecular weight excluding hydrogens is 294 g/mol. The second kappa shape index (κ2) is 4.59. The summed E-state index contributed by atoms with van der Waals surface area (Å²) in [6.45, 7) is 0. The molecule has 1 fully saturated rings. The number of hydrogen-bond acceptors (Lipinski definition) is 3. The van der Waals surface area contributed by atoms with Crippen LogP contribution in [0.5, 0.6) is 5.75 Å². The van der Waals surface area contributed by atoms with Crippen LogP contribution < -0.4 is 10.1 Å². The van der Waals surface area contributed by atoms with Gasteiger partial charge in [0.05, 0.1) is 18.1 Å². The van der Waals surface area contributed by atoms with Gasteiger partial charge >= 0.3 is 5.97 Å². The van der Waals surface area contributed by atoms with Crippen LogP contribution in [-0.2, 0) is 10.2 Å². The molecule has 1 heterocycles. The van der Waals surface area contributed by atoms with E-state index in [0.717, 1.165) is 16.9 Å². The Bertz CT molecular complexity index is 845. The van der Waals surface area contributed by atoms with Gasteiger partial charge in [-0.25, -0.2) is 4.79 Å². The van der Waals surface area contributed by atoms with Gasteiger partial charge in [0.25, 0.3) is 0 Å². The number of carboxylic acids is 1. The smallest absolute Gasteiger partial charge is 0.335 e. The summed E-state index contributed by atoms with van der Waals surface area (Å²) in [6, 6.07) is 12.5. The zero-order valence-corrected chi connectivity index (χ0v) is 12.5. The maximum Gasteiger partial charge on any atom is 0.335 e. The summed E-state index contributed by atoms with van der Waals surface area (Å²) in [5.41, 5.74) is 2.00. The van der Waals surface area contributed by atoms with Crippen molar-refractivity contribution in [2.24, 2.45) is 0 Å². The van der Waals surface area contributed by atoms with E-state index in [1.165, 1.54) is 6.07 Å². The molecule has 1 amide bonds. The third kappa shape index (κ3) is 1.79. The SMILES string of the molecule is COc1ccccc1[C@H]1C[C@@]12C(=O)Nc1ccc(C(=O)O)cc12. The topological polar surface area (TPSA) is 75.6 Å². The normalized spacial score (nSPS) is 24.2. The molecule has 0 unspecified atom stereocenters. The van der Waals surface area contributed by atoms with Gasteiger partial charge < -0.3 is 15.2 Å². The standard InChI is InChI=1S/C18H15NO4/c1-23-15-5-3-2-4-11(15)13-9-18(13)12-8-10(16(20)21)6-7-14(12)19-17(18)22/h2-8,13H,9H2,1H3,(H,19,22)(H,20,21)/t13-,18+/m1/s1. The number of ether oxygens (including phenoxy) is 1. The number of fused-ring (bicyclic) bond motifs is 2. The lowest BCUT2D eigenvalue weighted by atomic mass is 9.90. The van der Waals surface area contributed by atoms with Crippen LogP contribution in [0.1, 0.15) is 33.8 Å². The quantitative estimate of drug-likeness (QED) is 0.914. The Morgan fingerprint density at radius 1 is 1.30 bits per heavy atom. The van der Waals surface area contributed by atoms with Gasteiger partial charge in [0.15, 0.2) is 0 Å². The van der Waals surface area contributed by atoms with E-state index < -0.39 is 11.4 Å². The third-order valence-electron chi connectivity index (χ3n) is 4.88. The van der Waals surface area contributed by atoms with E-state index in [1.54, 1.807) is 19.2 Å². The van der Waals surface area contributed by atoms with Crippen molar-refractivity contribution in [2.45, 2.75) is 17.8 Å². The fourth-order valence-corrected chi connectivity index (χ4v) is 3.65. The molecule has 2 aromatic rings. The van der Waals surface area contributed by atoms with Crippen LogP contribution in [0, 0.1) is 0 Å². The minimum absolute atomic E-state index is 0.00365. The summed E-state index contributed by atoms with van der Waals surface area (Å²) in [4.78, 5) is 23.8. The van der Waals surface area contributed by atoms with Crippen molar-refractivity contribution < 1.29 is 19.4 Å². The van der Waals surface area contributed by atoms with Crippen LogP contribution in [0.4, 0.5) is 5.69 Å². The highest BCUT2D eigenvalue weighted by molar-refractivity contribution is 6.10. The predicted molar refractivity (Wildman–Crippen MR) is 84.1 cm³/mol. The maximum absolute atomic E-state index is 12.6. The molecule has 0 saturated heterocycles. The Labute approximate surface area is 132 Å². The molecule has 2 atom stereocenters. The van der Waals surface area contributed by atoms with Gasteiger partial charge in [-0.2, -0.15) is 0 Å². The Hall–Kier alpha value is -2.82. The largest absolute Gasteiger partial charge is 0.496 e. The number of amides is 1. The number of carbonyl (C=O) groups is 2. The van der Waals surface area contributed by atoms with E-state index >= 15 is 0 Å². The Balaban J connectivity index is 1.81. The van der Waals surface area contributed by atoms with E-state index in [2.05, 4.69) is 5.32 Å². The molecule has 0 aromatic heterocycles. The average Bonchev–Trinajstić information content (AvgIpc) is 3.24. The number of carbonyl (C=O) groups excluding carboxylic acids is 1. The molecule has 2 N–H and O–H groups in total. The summed E-state index contributed by atoms with van der Waals surface area (Å²) in [5, 5.41) is 12.1. The number of benzene rings is 2. The summed E-state index contributed by atoms with van der Waals surface area (Å²) in [6.07, 6.45) is 0.662. The first-order chi connectivity index (χ1) is 11.1. The molecule has 5 heteroatoms. The van der Waals surface area contributed by atoms with Crippen molar-refractivity contribution >= 4 is 17.6 Å². The number of rotatable bonds is 3. The number of carboxylic acid groups (broad SMARTS) is 1. The van der Waals surface area contributed by atoms with Gasteiger partial charge in [-0.15, -0.1) is 0 Å². The number of para-hydroxylation sites is 1. The van der Waals surface area contributed by atoms with Crippen molar-refractivity contribution in [3.05, 3.63) is 59.2 Å². The van der Waals surface area contributed by atoms with Gasteiger partial charge in [-0.05, 0) is 41.8 Å². The van der Waals surface area contributed by atoms with E-state index in [0.29, 0.717) is 12.1 Å². The lowest BCUT2D eigenvalue weighted by molar-refractivity contribution is -0.118. The lowest BCUT2D eigenvalue weighted by Gasteiger charge is -2.12. The van der Waals surface area contributed by atoms with Crippen LogP contribution >= 0.6 is 0 Å². The first kappa shape index (κ1) is 13.8. The predicted octanol–water partition coefficient (Wildman–Crippen LogP) is 2.77. The zero-order chi connectivity index (χ0) is 16.2. The molecule has 2 aliphatic rings. The molecule has 0 radical (unpaired) electrons. The molecule has 4 rings (SSSR count). The zero-order valence-electron chi connectivity index (χ0n) is 12.5. The van der Waals surface area contributed by atoms with Crippen molar-refractivity contribution in [2.75, 3.05) is 12.4 Å². The third-order valence-corrected chi connectivity index (χ3v) is 4.88.